The number of aliphatic hydroxyl groups excluding tert-OH is 4. The van der Waals surface area contributed by atoms with Crippen LogP contribution in [0, 0.1) is 5.41 Å². The molecule has 0 aliphatic heterocycles. The predicted molar refractivity (Wildman–Crippen MR) is 240 cm³/mol. The van der Waals surface area contributed by atoms with E-state index in [0.717, 1.165) is 154 Å². The highest BCUT2D eigenvalue weighted by Gasteiger charge is 2.26. The molecule has 0 aromatic rings. The van der Waals surface area contributed by atoms with Gasteiger partial charge in [0.2, 0.25) is 0 Å². The Hall–Kier alpha value is -4.40. The lowest BCUT2D eigenvalue weighted by Gasteiger charge is -2.23. The maximum atomic E-state index is 10.1. The van der Waals surface area contributed by atoms with Gasteiger partial charge in [-0.15, -0.1) is 0 Å². The second-order valence-electron chi connectivity index (χ2n) is 15.8. The van der Waals surface area contributed by atoms with Crippen molar-refractivity contribution in [2.45, 2.75) is 205 Å². The van der Waals surface area contributed by atoms with E-state index in [1.165, 1.54) is 0 Å². The van der Waals surface area contributed by atoms with Gasteiger partial charge in [-0.05, 0) is 51.4 Å². The molecule has 0 spiro atoms. The molecule has 0 aromatic carbocycles. The van der Waals surface area contributed by atoms with E-state index in [1.807, 2.05) is 0 Å². The fourth-order valence-corrected chi connectivity index (χ4v) is 5.34. The molecule has 0 radical (unpaired) electrons. The van der Waals surface area contributed by atoms with E-state index in [2.05, 4.69) is 0 Å². The molecule has 0 aromatic heterocycles. The second-order valence-corrected chi connectivity index (χ2v) is 15.8. The van der Waals surface area contributed by atoms with Gasteiger partial charge in [-0.25, -0.2) is 0 Å². The highest BCUT2D eigenvalue weighted by Crippen LogP contribution is 2.13. The number of aliphatic carboxylic acids is 8. The van der Waals surface area contributed by atoms with E-state index in [0.29, 0.717) is 0 Å². The topological polar surface area (TPSA) is 379 Å². The Balaban J connectivity index is -0.000000232. The zero-order chi connectivity index (χ0) is 50.6. The smallest absolute Gasteiger partial charge is 0.303 e. The van der Waals surface area contributed by atoms with Crippen LogP contribution in [0.15, 0.2) is 0 Å². The van der Waals surface area contributed by atoms with Crippen LogP contribution in [0.25, 0.3) is 0 Å². The summed E-state index contributed by atoms with van der Waals surface area (Å²) >= 11 is 0. The lowest BCUT2D eigenvalue weighted by atomic mass is 9.93. The van der Waals surface area contributed by atoms with Gasteiger partial charge in [0.15, 0.2) is 0 Å². The minimum Gasteiger partial charge on any atom is -0.481 e. The Kier molecular flexibility index (Phi) is 57.8. The third kappa shape index (κ3) is 74.3. The fourth-order valence-electron chi connectivity index (χ4n) is 5.34. The molecule has 0 atom stereocenters. The standard InChI is InChI=1S/4C10H18O4.C5H12O4/c4*11-9(12)7-5-3-1-2-4-6-8-10(13)14;6-1-5(2-7,3-8)4-9/h4*1-8H2,(H,11,12)(H,13,14);6-9H,1-4H2. The van der Waals surface area contributed by atoms with Crippen LogP contribution in [0.4, 0.5) is 0 Å². The zero-order valence-electron chi connectivity index (χ0n) is 38.6. The van der Waals surface area contributed by atoms with Crippen molar-refractivity contribution in [3.05, 3.63) is 0 Å². The number of unbranched alkanes of at least 4 members (excludes halogenated alkanes) is 20. The van der Waals surface area contributed by atoms with Crippen LogP contribution in [0.1, 0.15) is 205 Å². The molecule has 0 bridgehead atoms. The Labute approximate surface area is 384 Å². The summed E-state index contributed by atoms with van der Waals surface area (Å²) in [5, 5.41) is 101. The van der Waals surface area contributed by atoms with Crippen molar-refractivity contribution in [3.8, 4) is 0 Å². The minimum absolute atomic E-state index is 0.245. The monoisotopic (exact) mass is 945 g/mol. The Morgan fingerprint density at radius 1 is 0.200 bits per heavy atom. The van der Waals surface area contributed by atoms with Crippen molar-refractivity contribution in [3.63, 3.8) is 0 Å². The van der Waals surface area contributed by atoms with Gasteiger partial charge in [0.1, 0.15) is 0 Å². The van der Waals surface area contributed by atoms with Crippen LogP contribution >= 0.6 is 0 Å². The number of hydrogen-bond donors (Lipinski definition) is 12. The summed E-state index contributed by atoms with van der Waals surface area (Å²) in [5.74, 6) is -5.92. The average molecular weight is 945 g/mol. The molecule has 20 heteroatoms. The van der Waals surface area contributed by atoms with Gasteiger partial charge in [0.25, 0.3) is 0 Å². The van der Waals surface area contributed by atoms with Gasteiger partial charge in [-0.1, -0.05) is 103 Å². The van der Waals surface area contributed by atoms with Gasteiger partial charge in [0, 0.05) is 51.4 Å². The summed E-state index contributed by atoms with van der Waals surface area (Å²) < 4.78 is 0. The number of aliphatic hydroxyl groups is 4. The van der Waals surface area contributed by atoms with Crippen LogP contribution in [0.3, 0.4) is 0 Å². The molecule has 0 amide bonds. The number of rotatable bonds is 40. The molecule has 65 heavy (non-hydrogen) atoms. The number of carboxylic acid groups (broad SMARTS) is 8. The summed E-state index contributed by atoms with van der Waals surface area (Å²) in [6, 6.07) is 0. The maximum Gasteiger partial charge on any atom is 0.303 e. The summed E-state index contributed by atoms with van der Waals surface area (Å²) in [6.07, 6.45) is 23.3. The summed E-state index contributed by atoms with van der Waals surface area (Å²) in [5.41, 5.74) is -1.11. The normalized spacial score (nSPS) is 10.3. The fraction of sp³-hybridized carbons (Fsp3) is 0.822. The molecule has 0 aliphatic carbocycles. The van der Waals surface area contributed by atoms with Gasteiger partial charge in [-0.2, -0.15) is 0 Å². The number of carboxylic acids is 8. The third-order valence-corrected chi connectivity index (χ3v) is 9.47. The van der Waals surface area contributed by atoms with Gasteiger partial charge >= 0.3 is 47.8 Å². The molecule has 384 valence electrons. The van der Waals surface area contributed by atoms with Crippen molar-refractivity contribution in [1.82, 2.24) is 0 Å². The summed E-state index contributed by atoms with van der Waals surface area (Å²) in [6.45, 7) is -1.62. The summed E-state index contributed by atoms with van der Waals surface area (Å²) in [4.78, 5) is 81.2. The molecule has 0 aliphatic rings. The van der Waals surface area contributed by atoms with Crippen LogP contribution in [0.2, 0.25) is 0 Å². The lowest BCUT2D eigenvalue weighted by Crippen LogP contribution is -2.37. The van der Waals surface area contributed by atoms with Crippen LogP contribution in [-0.4, -0.2) is 135 Å². The molecule has 0 heterocycles. The van der Waals surface area contributed by atoms with Crippen molar-refractivity contribution >= 4 is 47.8 Å². The molecule has 0 fully saturated rings. The Morgan fingerprint density at radius 3 is 0.354 bits per heavy atom. The zero-order valence-corrected chi connectivity index (χ0v) is 38.6. The molecule has 0 rings (SSSR count). The van der Waals surface area contributed by atoms with E-state index in [-0.39, 0.29) is 51.4 Å². The first-order valence-electron chi connectivity index (χ1n) is 22.9. The Bertz CT molecular complexity index is 931. The van der Waals surface area contributed by atoms with Crippen molar-refractivity contribution in [2.75, 3.05) is 26.4 Å². The predicted octanol–water partition coefficient (Wildman–Crippen LogP) is 7.05. The highest BCUT2D eigenvalue weighted by molar-refractivity contribution is 5.68. The molecule has 0 saturated carbocycles. The van der Waals surface area contributed by atoms with Crippen LogP contribution in [0.5, 0.6) is 0 Å². The first kappa shape index (κ1) is 69.6. The van der Waals surface area contributed by atoms with Gasteiger partial charge in [0.05, 0.1) is 31.8 Å². The molecule has 0 unspecified atom stereocenters. The first-order chi connectivity index (χ1) is 30.7. The molecular weight excluding hydrogens is 860 g/mol. The van der Waals surface area contributed by atoms with Crippen molar-refractivity contribution in [1.29, 1.82) is 0 Å². The van der Waals surface area contributed by atoms with Gasteiger partial charge < -0.3 is 61.3 Å². The quantitative estimate of drug-likeness (QED) is 0.0274. The van der Waals surface area contributed by atoms with Crippen LogP contribution < -0.4 is 0 Å². The summed E-state index contributed by atoms with van der Waals surface area (Å²) in [7, 11) is 0. The van der Waals surface area contributed by atoms with E-state index >= 15 is 0 Å². The number of carbonyl (C=O) groups is 8. The van der Waals surface area contributed by atoms with Gasteiger partial charge in [-0.3, -0.25) is 38.4 Å². The highest BCUT2D eigenvalue weighted by atomic mass is 16.4. The van der Waals surface area contributed by atoms with E-state index < -0.39 is 79.6 Å². The van der Waals surface area contributed by atoms with E-state index in [1.54, 1.807) is 0 Å². The molecular formula is C45H84O20. The van der Waals surface area contributed by atoms with Crippen molar-refractivity contribution in [2.24, 2.45) is 5.41 Å². The molecule has 12 N–H and O–H groups in total. The van der Waals surface area contributed by atoms with E-state index in [4.69, 9.17) is 61.3 Å². The first-order valence-corrected chi connectivity index (χ1v) is 22.9. The minimum atomic E-state index is -1.11. The third-order valence-electron chi connectivity index (χ3n) is 9.47. The SMILES string of the molecule is O=C(O)CCCCCCCCC(=O)O.O=C(O)CCCCCCCCC(=O)O.O=C(O)CCCCCCCCC(=O)O.O=C(O)CCCCCCCCC(=O)O.OCC(CO)(CO)CO. The maximum absolute atomic E-state index is 10.1. The number of hydrogen-bond acceptors (Lipinski definition) is 12. The van der Waals surface area contributed by atoms with Crippen molar-refractivity contribution < 1.29 is 99.6 Å². The molecule has 20 nitrogen and oxygen atoms in total. The second kappa shape index (κ2) is 53.9. The van der Waals surface area contributed by atoms with Crippen LogP contribution in [-0.2, 0) is 38.4 Å². The van der Waals surface area contributed by atoms with E-state index in [9.17, 15) is 38.4 Å². The average Bonchev–Trinajstić information content (AvgIpc) is 3.23. The lowest BCUT2D eigenvalue weighted by molar-refractivity contribution is -0.138. The molecule has 0 saturated heterocycles. The largest absolute Gasteiger partial charge is 0.481 e. The Morgan fingerprint density at radius 2 is 0.292 bits per heavy atom.